The molecule has 0 saturated carbocycles. The van der Waals surface area contributed by atoms with Gasteiger partial charge in [-0.1, -0.05) is 30.3 Å². The lowest BCUT2D eigenvalue weighted by molar-refractivity contribution is 0.0962. The van der Waals surface area contributed by atoms with Crippen molar-refractivity contribution < 1.29 is 9.18 Å². The third-order valence-electron chi connectivity index (χ3n) is 2.35. The standard InChI is InChI=1S/C13H9FN2O3/c14-10-8-16(13(19)15-12(10)18)11(17)7-6-9-4-2-1-3-5-9/h1-8H,(H,15,18,19)/b7-6+. The van der Waals surface area contributed by atoms with Crippen LogP contribution in [-0.2, 0) is 0 Å². The second-order valence-corrected chi connectivity index (χ2v) is 3.69. The normalized spacial score (nSPS) is 10.8. The lowest BCUT2D eigenvalue weighted by Gasteiger charge is -1.99. The van der Waals surface area contributed by atoms with Crippen molar-refractivity contribution in [2.75, 3.05) is 0 Å². The first-order valence-electron chi connectivity index (χ1n) is 5.37. The molecule has 1 aromatic carbocycles. The number of H-pyrrole nitrogens is 1. The van der Waals surface area contributed by atoms with Gasteiger partial charge in [0.25, 0.3) is 11.5 Å². The summed E-state index contributed by atoms with van der Waals surface area (Å²) < 4.78 is 13.5. The van der Waals surface area contributed by atoms with Gasteiger partial charge in [-0.3, -0.25) is 14.6 Å². The summed E-state index contributed by atoms with van der Waals surface area (Å²) in [4.78, 5) is 35.5. The van der Waals surface area contributed by atoms with Crippen molar-refractivity contribution in [3.8, 4) is 0 Å². The summed E-state index contributed by atoms with van der Waals surface area (Å²) in [6.07, 6.45) is 3.17. The molecular weight excluding hydrogens is 251 g/mol. The van der Waals surface area contributed by atoms with Crippen molar-refractivity contribution in [2.45, 2.75) is 0 Å². The minimum Gasteiger partial charge on any atom is -0.271 e. The van der Waals surface area contributed by atoms with E-state index in [1.807, 2.05) is 6.07 Å². The molecule has 1 aromatic heterocycles. The van der Waals surface area contributed by atoms with E-state index in [1.54, 1.807) is 29.2 Å². The summed E-state index contributed by atoms with van der Waals surface area (Å²) >= 11 is 0. The smallest absolute Gasteiger partial charge is 0.271 e. The number of halogens is 1. The van der Waals surface area contributed by atoms with Gasteiger partial charge in [0.2, 0.25) is 5.82 Å². The average Bonchev–Trinajstić information content (AvgIpc) is 2.41. The zero-order chi connectivity index (χ0) is 13.8. The largest absolute Gasteiger partial charge is 0.335 e. The van der Waals surface area contributed by atoms with Crippen molar-refractivity contribution in [3.63, 3.8) is 0 Å². The highest BCUT2D eigenvalue weighted by Gasteiger charge is 2.07. The lowest BCUT2D eigenvalue weighted by Crippen LogP contribution is -2.34. The monoisotopic (exact) mass is 260 g/mol. The van der Waals surface area contributed by atoms with Gasteiger partial charge in [-0.05, 0) is 11.6 Å². The summed E-state index contributed by atoms with van der Waals surface area (Å²) in [6, 6.07) is 8.92. The van der Waals surface area contributed by atoms with Gasteiger partial charge in [-0.15, -0.1) is 0 Å². The third-order valence-corrected chi connectivity index (χ3v) is 2.35. The van der Waals surface area contributed by atoms with Crippen LogP contribution < -0.4 is 11.2 Å². The molecule has 0 radical (unpaired) electrons. The molecule has 0 aliphatic carbocycles. The molecule has 0 fully saturated rings. The second-order valence-electron chi connectivity index (χ2n) is 3.69. The van der Waals surface area contributed by atoms with Crippen LogP contribution in [0.4, 0.5) is 4.39 Å². The minimum atomic E-state index is -1.19. The predicted molar refractivity (Wildman–Crippen MR) is 67.4 cm³/mol. The van der Waals surface area contributed by atoms with E-state index in [2.05, 4.69) is 0 Å². The van der Waals surface area contributed by atoms with E-state index in [4.69, 9.17) is 0 Å². The van der Waals surface area contributed by atoms with Crippen LogP contribution in [0.25, 0.3) is 6.08 Å². The maximum absolute atomic E-state index is 13.0. The molecule has 0 atom stereocenters. The van der Waals surface area contributed by atoms with Gasteiger partial charge in [0.05, 0.1) is 6.20 Å². The zero-order valence-corrected chi connectivity index (χ0v) is 9.67. The van der Waals surface area contributed by atoms with Crippen molar-refractivity contribution in [3.05, 3.63) is 74.8 Å². The molecule has 0 spiro atoms. The SMILES string of the molecule is O=C(/C=C/c1ccccc1)n1cc(F)c(=O)[nH]c1=O. The lowest BCUT2D eigenvalue weighted by atomic mass is 10.2. The summed E-state index contributed by atoms with van der Waals surface area (Å²) in [5.41, 5.74) is -1.37. The van der Waals surface area contributed by atoms with Crippen molar-refractivity contribution >= 4 is 12.0 Å². The highest BCUT2D eigenvalue weighted by atomic mass is 19.1. The molecule has 6 heteroatoms. The Hall–Kier alpha value is -2.76. The highest BCUT2D eigenvalue weighted by molar-refractivity contribution is 5.93. The van der Waals surface area contributed by atoms with Gasteiger partial charge in [0.15, 0.2) is 0 Å². The van der Waals surface area contributed by atoms with E-state index < -0.39 is 23.0 Å². The maximum atomic E-state index is 13.0. The molecule has 2 aromatic rings. The van der Waals surface area contributed by atoms with Crippen molar-refractivity contribution in [1.82, 2.24) is 9.55 Å². The van der Waals surface area contributed by atoms with Gasteiger partial charge in [0, 0.05) is 6.08 Å². The Labute approximate surface area is 106 Å². The van der Waals surface area contributed by atoms with Gasteiger partial charge in [-0.25, -0.2) is 9.36 Å². The van der Waals surface area contributed by atoms with Crippen LogP contribution in [0.15, 0.2) is 52.2 Å². The van der Waals surface area contributed by atoms with E-state index in [1.165, 1.54) is 6.08 Å². The molecule has 1 heterocycles. The molecule has 0 saturated heterocycles. The fourth-order valence-corrected chi connectivity index (χ4v) is 1.42. The van der Waals surface area contributed by atoms with E-state index in [9.17, 15) is 18.8 Å². The molecule has 2 rings (SSSR count). The van der Waals surface area contributed by atoms with E-state index in [0.717, 1.165) is 11.6 Å². The Bertz CT molecular complexity index is 744. The Kier molecular flexibility index (Phi) is 3.51. The van der Waals surface area contributed by atoms with Crippen LogP contribution in [-0.4, -0.2) is 15.5 Å². The van der Waals surface area contributed by atoms with Gasteiger partial charge in [-0.2, -0.15) is 4.39 Å². The number of nitrogens with zero attached hydrogens (tertiary/aromatic N) is 1. The predicted octanol–water partition coefficient (Wildman–Crippen LogP) is 1.03. The minimum absolute atomic E-state index is 0.496. The number of aromatic nitrogens is 2. The maximum Gasteiger partial charge on any atom is 0.335 e. The molecule has 0 unspecified atom stereocenters. The summed E-state index contributed by atoms with van der Waals surface area (Å²) in [5.74, 6) is -1.94. The summed E-state index contributed by atoms with van der Waals surface area (Å²) in [6.45, 7) is 0. The van der Waals surface area contributed by atoms with E-state index in [-0.39, 0.29) is 0 Å². The number of hydrogen-bond donors (Lipinski definition) is 1. The van der Waals surface area contributed by atoms with Gasteiger partial charge in [0.1, 0.15) is 0 Å². The van der Waals surface area contributed by atoms with Gasteiger partial charge >= 0.3 is 5.69 Å². The highest BCUT2D eigenvalue weighted by Crippen LogP contribution is 2.01. The average molecular weight is 260 g/mol. The number of carbonyl (C=O) groups excluding carboxylic acids is 1. The zero-order valence-electron chi connectivity index (χ0n) is 9.67. The second kappa shape index (κ2) is 5.26. The number of hydrogen-bond acceptors (Lipinski definition) is 3. The molecular formula is C13H9FN2O3. The Morgan fingerprint density at radius 1 is 1.21 bits per heavy atom. The number of carbonyl (C=O) groups is 1. The number of rotatable bonds is 2. The first-order chi connectivity index (χ1) is 9.08. The quantitative estimate of drug-likeness (QED) is 0.820. The molecule has 0 bridgehead atoms. The topological polar surface area (TPSA) is 71.9 Å². The van der Waals surface area contributed by atoms with Crippen LogP contribution in [0, 0.1) is 5.82 Å². The first kappa shape index (κ1) is 12.7. The number of benzene rings is 1. The van der Waals surface area contributed by atoms with Crippen molar-refractivity contribution in [1.29, 1.82) is 0 Å². The van der Waals surface area contributed by atoms with E-state index >= 15 is 0 Å². The van der Waals surface area contributed by atoms with Crippen LogP contribution in [0.5, 0.6) is 0 Å². The molecule has 5 nitrogen and oxygen atoms in total. The molecule has 0 aliphatic rings. The molecule has 19 heavy (non-hydrogen) atoms. The van der Waals surface area contributed by atoms with E-state index in [0.29, 0.717) is 10.8 Å². The van der Waals surface area contributed by atoms with Crippen molar-refractivity contribution in [2.24, 2.45) is 0 Å². The Morgan fingerprint density at radius 2 is 1.89 bits per heavy atom. The number of aromatic amines is 1. The van der Waals surface area contributed by atoms with Crippen LogP contribution in [0.3, 0.4) is 0 Å². The number of allylic oxidation sites excluding steroid dienone is 1. The molecule has 1 N–H and O–H groups in total. The third kappa shape index (κ3) is 2.92. The Morgan fingerprint density at radius 3 is 2.58 bits per heavy atom. The number of nitrogens with one attached hydrogen (secondary N) is 1. The van der Waals surface area contributed by atoms with Gasteiger partial charge < -0.3 is 0 Å². The molecule has 96 valence electrons. The van der Waals surface area contributed by atoms with Crippen LogP contribution >= 0.6 is 0 Å². The summed E-state index contributed by atoms with van der Waals surface area (Å²) in [7, 11) is 0. The summed E-state index contributed by atoms with van der Waals surface area (Å²) in [5, 5.41) is 0. The van der Waals surface area contributed by atoms with Crippen LogP contribution in [0.2, 0.25) is 0 Å². The molecule has 0 aliphatic heterocycles. The Balaban J connectivity index is 2.31. The fraction of sp³-hybridized carbons (Fsp3) is 0. The first-order valence-corrected chi connectivity index (χ1v) is 5.37. The molecule has 0 amide bonds. The van der Waals surface area contributed by atoms with Crippen LogP contribution in [0.1, 0.15) is 10.4 Å². The fourth-order valence-electron chi connectivity index (χ4n) is 1.42.